The Morgan fingerprint density at radius 1 is 1.15 bits per heavy atom. The maximum atomic E-state index is 11.4. The summed E-state index contributed by atoms with van der Waals surface area (Å²) in [6, 6.07) is 16.4. The number of methoxy groups -OCH3 is 1. The first-order valence-corrected chi connectivity index (χ1v) is 6.23. The van der Waals surface area contributed by atoms with Gasteiger partial charge in [0.25, 0.3) is 0 Å². The molecule has 0 radical (unpaired) electrons. The van der Waals surface area contributed by atoms with Gasteiger partial charge < -0.3 is 14.6 Å². The van der Waals surface area contributed by atoms with E-state index in [1.807, 2.05) is 30.3 Å². The largest absolute Gasteiger partial charge is 0.497 e. The van der Waals surface area contributed by atoms with Crippen LogP contribution < -0.4 is 4.74 Å². The highest BCUT2D eigenvalue weighted by atomic mass is 16.5. The normalized spacial score (nSPS) is 11.8. The number of carbonyl (C=O) groups is 1. The molecule has 0 amide bonds. The smallest absolute Gasteiger partial charge is 0.337 e. The number of ether oxygens (including phenoxy) is 2. The van der Waals surface area contributed by atoms with Gasteiger partial charge in [-0.25, -0.2) is 4.79 Å². The monoisotopic (exact) mass is 272 g/mol. The zero-order valence-electron chi connectivity index (χ0n) is 11.2. The Morgan fingerprint density at radius 3 is 2.55 bits per heavy atom. The highest BCUT2D eigenvalue weighted by Gasteiger charge is 2.21. The lowest BCUT2D eigenvalue weighted by molar-refractivity contribution is -0.151. The van der Waals surface area contributed by atoms with Crippen LogP contribution in [0, 0.1) is 0 Å². The Morgan fingerprint density at radius 2 is 1.90 bits per heavy atom. The van der Waals surface area contributed by atoms with E-state index in [1.165, 1.54) is 0 Å². The van der Waals surface area contributed by atoms with E-state index in [4.69, 9.17) is 9.47 Å². The number of hydrogen-bond donors (Lipinski definition) is 1. The zero-order chi connectivity index (χ0) is 14.4. The molecule has 0 heterocycles. The fourth-order valence-electron chi connectivity index (χ4n) is 1.87. The van der Waals surface area contributed by atoms with Crippen molar-refractivity contribution in [3.8, 4) is 5.75 Å². The molecule has 20 heavy (non-hydrogen) atoms. The van der Waals surface area contributed by atoms with Crippen molar-refractivity contribution in [1.82, 2.24) is 0 Å². The molecule has 0 bridgehead atoms. The Bertz CT molecular complexity index is 566. The van der Waals surface area contributed by atoms with E-state index in [0.29, 0.717) is 11.3 Å². The maximum absolute atomic E-state index is 11.4. The number of benzene rings is 2. The molecule has 1 N–H and O–H groups in total. The predicted molar refractivity (Wildman–Crippen MR) is 74.6 cm³/mol. The number of aliphatic carboxylic acids is 1. The standard InChI is InChI=1S/C16H16O4/c1-19-14-9-5-8-13(10-14)15(16(17)18)20-11-12-6-3-2-4-7-12/h2-10,15H,11H2,1H3,(H,17,18). The van der Waals surface area contributed by atoms with Crippen LogP contribution in [0.15, 0.2) is 54.6 Å². The lowest BCUT2D eigenvalue weighted by atomic mass is 10.1. The van der Waals surface area contributed by atoms with Gasteiger partial charge in [0, 0.05) is 0 Å². The van der Waals surface area contributed by atoms with Crippen molar-refractivity contribution in [3.05, 3.63) is 65.7 Å². The molecule has 4 heteroatoms. The average Bonchev–Trinajstić information content (AvgIpc) is 2.48. The molecule has 0 aliphatic heterocycles. The lowest BCUT2D eigenvalue weighted by Crippen LogP contribution is -2.15. The van der Waals surface area contributed by atoms with Crippen LogP contribution in [0.25, 0.3) is 0 Å². The summed E-state index contributed by atoms with van der Waals surface area (Å²) in [5, 5.41) is 9.30. The highest BCUT2D eigenvalue weighted by Crippen LogP contribution is 2.23. The Balaban J connectivity index is 2.12. The molecule has 0 aliphatic carbocycles. The van der Waals surface area contributed by atoms with Crippen molar-refractivity contribution >= 4 is 5.97 Å². The second-order valence-electron chi connectivity index (χ2n) is 4.29. The Labute approximate surface area is 117 Å². The summed E-state index contributed by atoms with van der Waals surface area (Å²) in [6.45, 7) is 0.245. The topological polar surface area (TPSA) is 55.8 Å². The second-order valence-corrected chi connectivity index (χ2v) is 4.29. The summed E-state index contributed by atoms with van der Waals surface area (Å²) in [7, 11) is 1.54. The summed E-state index contributed by atoms with van der Waals surface area (Å²) in [5.41, 5.74) is 1.49. The molecule has 0 saturated carbocycles. The van der Waals surface area contributed by atoms with Crippen LogP contribution >= 0.6 is 0 Å². The van der Waals surface area contributed by atoms with Crippen molar-refractivity contribution in [2.24, 2.45) is 0 Å². The SMILES string of the molecule is COc1cccc(C(OCc2ccccc2)C(=O)O)c1. The number of hydrogen-bond acceptors (Lipinski definition) is 3. The van der Waals surface area contributed by atoms with E-state index in [9.17, 15) is 9.90 Å². The van der Waals surface area contributed by atoms with E-state index >= 15 is 0 Å². The molecular formula is C16H16O4. The Hall–Kier alpha value is -2.33. The molecule has 0 aromatic heterocycles. The summed E-state index contributed by atoms with van der Waals surface area (Å²) < 4.78 is 10.6. The van der Waals surface area contributed by atoms with Gasteiger partial charge in [-0.3, -0.25) is 0 Å². The zero-order valence-corrected chi connectivity index (χ0v) is 11.2. The van der Waals surface area contributed by atoms with Gasteiger partial charge in [-0.1, -0.05) is 42.5 Å². The van der Waals surface area contributed by atoms with Gasteiger partial charge in [0.05, 0.1) is 13.7 Å². The highest BCUT2D eigenvalue weighted by molar-refractivity contribution is 5.74. The average molecular weight is 272 g/mol. The molecule has 1 atom stereocenters. The van der Waals surface area contributed by atoms with Crippen LogP contribution in [-0.2, 0) is 16.1 Å². The summed E-state index contributed by atoms with van der Waals surface area (Å²) in [4.78, 5) is 11.4. The van der Waals surface area contributed by atoms with Crippen LogP contribution in [0.2, 0.25) is 0 Å². The maximum Gasteiger partial charge on any atom is 0.337 e. The molecular weight excluding hydrogens is 256 g/mol. The number of rotatable bonds is 6. The van der Waals surface area contributed by atoms with E-state index < -0.39 is 12.1 Å². The fourth-order valence-corrected chi connectivity index (χ4v) is 1.87. The van der Waals surface area contributed by atoms with Gasteiger partial charge in [-0.15, -0.1) is 0 Å². The molecule has 2 aromatic carbocycles. The van der Waals surface area contributed by atoms with Crippen molar-refractivity contribution in [1.29, 1.82) is 0 Å². The van der Waals surface area contributed by atoms with Gasteiger partial charge in [0.1, 0.15) is 5.75 Å². The quantitative estimate of drug-likeness (QED) is 0.878. The fraction of sp³-hybridized carbons (Fsp3) is 0.188. The van der Waals surface area contributed by atoms with Gasteiger partial charge in [-0.2, -0.15) is 0 Å². The van der Waals surface area contributed by atoms with E-state index in [1.54, 1.807) is 31.4 Å². The van der Waals surface area contributed by atoms with Crippen LogP contribution in [0.4, 0.5) is 0 Å². The predicted octanol–water partition coefficient (Wildman–Crippen LogP) is 3.04. The van der Waals surface area contributed by atoms with Crippen molar-refractivity contribution in [3.63, 3.8) is 0 Å². The van der Waals surface area contributed by atoms with Gasteiger partial charge in [0.15, 0.2) is 6.10 Å². The summed E-state index contributed by atoms with van der Waals surface area (Å²) in [5.74, 6) is -0.411. The number of carboxylic acids is 1. The molecule has 0 saturated heterocycles. The first kappa shape index (κ1) is 14.1. The van der Waals surface area contributed by atoms with Crippen molar-refractivity contribution < 1.29 is 19.4 Å². The third-order valence-corrected chi connectivity index (χ3v) is 2.88. The minimum Gasteiger partial charge on any atom is -0.497 e. The van der Waals surface area contributed by atoms with Gasteiger partial charge in [0.2, 0.25) is 0 Å². The molecule has 0 aliphatic rings. The first-order chi connectivity index (χ1) is 9.70. The minimum atomic E-state index is -1.02. The molecule has 2 rings (SSSR count). The number of carboxylic acid groups (broad SMARTS) is 1. The molecule has 2 aromatic rings. The van der Waals surface area contributed by atoms with Crippen LogP contribution in [0.5, 0.6) is 5.75 Å². The van der Waals surface area contributed by atoms with E-state index in [2.05, 4.69) is 0 Å². The van der Waals surface area contributed by atoms with E-state index in [0.717, 1.165) is 5.56 Å². The lowest BCUT2D eigenvalue weighted by Gasteiger charge is -2.15. The van der Waals surface area contributed by atoms with Gasteiger partial charge in [-0.05, 0) is 23.3 Å². The summed E-state index contributed by atoms with van der Waals surface area (Å²) >= 11 is 0. The van der Waals surface area contributed by atoms with Gasteiger partial charge >= 0.3 is 5.97 Å². The van der Waals surface area contributed by atoms with Crippen LogP contribution in [0.1, 0.15) is 17.2 Å². The van der Waals surface area contributed by atoms with Crippen molar-refractivity contribution in [2.75, 3.05) is 7.11 Å². The summed E-state index contributed by atoms with van der Waals surface area (Å²) in [6.07, 6.45) is -1.01. The first-order valence-electron chi connectivity index (χ1n) is 6.23. The third-order valence-electron chi connectivity index (χ3n) is 2.88. The molecule has 4 nitrogen and oxygen atoms in total. The van der Waals surface area contributed by atoms with Crippen LogP contribution in [0.3, 0.4) is 0 Å². The molecule has 0 spiro atoms. The molecule has 0 fully saturated rings. The van der Waals surface area contributed by atoms with Crippen molar-refractivity contribution in [2.45, 2.75) is 12.7 Å². The minimum absolute atomic E-state index is 0.245. The van der Waals surface area contributed by atoms with E-state index in [-0.39, 0.29) is 6.61 Å². The molecule has 1 unspecified atom stereocenters. The molecule has 104 valence electrons. The second kappa shape index (κ2) is 6.73. The Kier molecular flexibility index (Phi) is 4.74. The third kappa shape index (κ3) is 3.59. The van der Waals surface area contributed by atoms with Crippen LogP contribution in [-0.4, -0.2) is 18.2 Å².